The number of aliphatic hydroxyl groups excluding tert-OH is 1. The Balaban J connectivity index is 1.94. The van der Waals surface area contributed by atoms with Gasteiger partial charge in [-0.25, -0.2) is 0 Å². The highest BCUT2D eigenvalue weighted by Gasteiger charge is 2.48. The van der Waals surface area contributed by atoms with E-state index >= 15 is 0 Å². The van der Waals surface area contributed by atoms with Crippen LogP contribution in [0.15, 0.2) is 58.6 Å². The number of carbonyl (C=O) groups excluding carboxylic acids is 2. The Kier molecular flexibility index (Phi) is 5.16. The zero-order valence-electron chi connectivity index (χ0n) is 16.5. The number of ketones is 1. The number of anilines is 1. The summed E-state index contributed by atoms with van der Waals surface area (Å²) in [4.78, 5) is 27.1. The summed E-state index contributed by atoms with van der Waals surface area (Å²) in [6.45, 7) is 1.65. The van der Waals surface area contributed by atoms with Gasteiger partial charge in [-0.05, 0) is 42.8 Å². The zero-order chi connectivity index (χ0) is 22.3. The molecule has 1 fully saturated rings. The first-order valence-electron chi connectivity index (χ1n) is 9.19. The number of aryl methyl sites for hydroxylation is 1. The first kappa shape index (κ1) is 20.5. The normalized spacial score (nSPS) is 17.9. The van der Waals surface area contributed by atoms with E-state index in [4.69, 9.17) is 20.9 Å². The standard InChI is InChI=1S/C22H17ClN2O6/c1-11-8-17(24-31-11)25-19(12-4-3-5-14(26)9-12)18(21(28)22(25)29)20(27)13-6-7-16(30-2)15(23)10-13/h3-10,19,26-27H,1-2H3/t19-/m0/s1. The summed E-state index contributed by atoms with van der Waals surface area (Å²) in [5, 5.41) is 25.1. The van der Waals surface area contributed by atoms with Gasteiger partial charge in [0, 0.05) is 11.6 Å². The van der Waals surface area contributed by atoms with E-state index in [0.717, 1.165) is 4.90 Å². The molecule has 1 atom stereocenters. The summed E-state index contributed by atoms with van der Waals surface area (Å²) in [6.07, 6.45) is 0. The van der Waals surface area contributed by atoms with Gasteiger partial charge in [-0.1, -0.05) is 28.9 Å². The van der Waals surface area contributed by atoms with Gasteiger partial charge < -0.3 is 19.5 Å². The maximum Gasteiger partial charge on any atom is 0.301 e. The van der Waals surface area contributed by atoms with E-state index in [9.17, 15) is 19.8 Å². The monoisotopic (exact) mass is 440 g/mol. The molecule has 3 aromatic rings. The van der Waals surface area contributed by atoms with Crippen LogP contribution in [0, 0.1) is 6.92 Å². The molecule has 9 heteroatoms. The molecule has 2 N–H and O–H groups in total. The van der Waals surface area contributed by atoms with E-state index in [1.54, 1.807) is 19.1 Å². The van der Waals surface area contributed by atoms with Crippen LogP contribution in [0.4, 0.5) is 5.82 Å². The second-order valence-corrected chi connectivity index (χ2v) is 7.32. The number of phenols is 1. The average Bonchev–Trinajstić information content (AvgIpc) is 3.28. The molecule has 1 aliphatic heterocycles. The molecule has 2 heterocycles. The van der Waals surface area contributed by atoms with Gasteiger partial charge in [0.05, 0.1) is 23.7 Å². The fourth-order valence-corrected chi connectivity index (χ4v) is 3.77. The second-order valence-electron chi connectivity index (χ2n) is 6.91. The predicted octanol–water partition coefficient (Wildman–Crippen LogP) is 3.98. The smallest absolute Gasteiger partial charge is 0.301 e. The summed E-state index contributed by atoms with van der Waals surface area (Å²) < 4.78 is 10.2. The minimum atomic E-state index is -1.04. The summed E-state index contributed by atoms with van der Waals surface area (Å²) in [5.74, 6) is -1.33. The molecule has 8 nitrogen and oxygen atoms in total. The maximum atomic E-state index is 13.0. The van der Waals surface area contributed by atoms with Gasteiger partial charge in [0.2, 0.25) is 0 Å². The fourth-order valence-electron chi connectivity index (χ4n) is 3.52. The number of nitrogens with zero attached hydrogens (tertiary/aromatic N) is 2. The number of Topliss-reactive ketones (excluding diaryl/α,β-unsaturated/α-hetero) is 1. The molecule has 0 saturated carbocycles. The Bertz CT molecular complexity index is 1230. The van der Waals surface area contributed by atoms with Gasteiger partial charge in [0.15, 0.2) is 5.82 Å². The van der Waals surface area contributed by atoms with Crippen molar-refractivity contribution in [1.82, 2.24) is 5.16 Å². The van der Waals surface area contributed by atoms with Crippen molar-refractivity contribution >= 4 is 34.9 Å². The van der Waals surface area contributed by atoms with E-state index < -0.39 is 23.5 Å². The molecule has 31 heavy (non-hydrogen) atoms. The van der Waals surface area contributed by atoms with E-state index in [1.807, 2.05) is 0 Å². The highest BCUT2D eigenvalue weighted by molar-refractivity contribution is 6.51. The number of hydrogen-bond acceptors (Lipinski definition) is 7. The number of amides is 1. The van der Waals surface area contributed by atoms with Crippen LogP contribution in [0.2, 0.25) is 5.02 Å². The number of ether oxygens (including phenoxy) is 1. The molecule has 1 amide bonds. The summed E-state index contributed by atoms with van der Waals surface area (Å²) in [6, 6.07) is 11.0. The Morgan fingerprint density at radius 1 is 1.19 bits per heavy atom. The molecular formula is C22H17ClN2O6. The predicted molar refractivity (Wildman–Crippen MR) is 112 cm³/mol. The summed E-state index contributed by atoms with van der Waals surface area (Å²) >= 11 is 6.17. The van der Waals surface area contributed by atoms with Crippen molar-refractivity contribution in [2.45, 2.75) is 13.0 Å². The minimum absolute atomic E-state index is 0.0630. The number of hydrogen-bond donors (Lipinski definition) is 2. The van der Waals surface area contributed by atoms with Crippen molar-refractivity contribution in [3.05, 3.63) is 76.0 Å². The lowest BCUT2D eigenvalue weighted by Gasteiger charge is -2.23. The van der Waals surface area contributed by atoms with Crippen LogP contribution in [0.5, 0.6) is 11.5 Å². The summed E-state index contributed by atoms with van der Waals surface area (Å²) in [7, 11) is 1.45. The third kappa shape index (κ3) is 3.51. The highest BCUT2D eigenvalue weighted by Crippen LogP contribution is 2.43. The number of aromatic hydroxyl groups is 1. The van der Waals surface area contributed by atoms with E-state index in [-0.39, 0.29) is 27.7 Å². The maximum absolute atomic E-state index is 13.0. The Labute approximate surface area is 181 Å². The number of methoxy groups -OCH3 is 1. The Morgan fingerprint density at radius 2 is 1.97 bits per heavy atom. The van der Waals surface area contributed by atoms with Gasteiger partial charge >= 0.3 is 5.91 Å². The Hall–Kier alpha value is -3.78. The van der Waals surface area contributed by atoms with Gasteiger partial charge in [-0.3, -0.25) is 14.5 Å². The fraction of sp³-hybridized carbons (Fsp3) is 0.136. The van der Waals surface area contributed by atoms with Crippen LogP contribution in [-0.4, -0.2) is 34.2 Å². The molecule has 1 aliphatic rings. The Morgan fingerprint density at radius 3 is 2.58 bits per heavy atom. The lowest BCUT2D eigenvalue weighted by atomic mass is 9.95. The van der Waals surface area contributed by atoms with E-state index in [2.05, 4.69) is 5.16 Å². The molecule has 2 aromatic carbocycles. The van der Waals surface area contributed by atoms with Crippen molar-refractivity contribution in [1.29, 1.82) is 0 Å². The van der Waals surface area contributed by atoms with Crippen LogP contribution in [-0.2, 0) is 9.59 Å². The van der Waals surface area contributed by atoms with Crippen LogP contribution >= 0.6 is 11.6 Å². The zero-order valence-corrected chi connectivity index (χ0v) is 17.3. The summed E-state index contributed by atoms with van der Waals surface area (Å²) in [5.41, 5.74) is 0.462. The molecule has 0 aliphatic carbocycles. The van der Waals surface area contributed by atoms with E-state index in [1.165, 1.54) is 43.5 Å². The molecular weight excluding hydrogens is 424 g/mol. The molecule has 1 aromatic heterocycles. The van der Waals surface area contributed by atoms with E-state index in [0.29, 0.717) is 17.1 Å². The number of benzene rings is 2. The number of phenolic OH excluding ortho intramolecular Hbond substituents is 1. The van der Waals surface area contributed by atoms with Crippen molar-refractivity contribution in [2.75, 3.05) is 12.0 Å². The largest absolute Gasteiger partial charge is 0.508 e. The van der Waals surface area contributed by atoms with Crippen molar-refractivity contribution in [3.63, 3.8) is 0 Å². The third-order valence-corrected chi connectivity index (χ3v) is 5.21. The molecule has 0 bridgehead atoms. The minimum Gasteiger partial charge on any atom is -0.508 e. The third-order valence-electron chi connectivity index (χ3n) is 4.92. The van der Waals surface area contributed by atoms with Gasteiger partial charge in [-0.2, -0.15) is 0 Å². The number of aliphatic hydroxyl groups is 1. The molecule has 1 saturated heterocycles. The molecule has 4 rings (SSSR count). The second kappa shape index (κ2) is 7.81. The SMILES string of the molecule is COc1ccc(C(O)=C2C(=O)C(=O)N(c3cc(C)on3)[C@H]2c2cccc(O)c2)cc1Cl. The topological polar surface area (TPSA) is 113 Å². The van der Waals surface area contributed by atoms with Crippen molar-refractivity contribution in [2.24, 2.45) is 0 Å². The molecule has 0 unspecified atom stereocenters. The van der Waals surface area contributed by atoms with Crippen LogP contribution in [0.25, 0.3) is 5.76 Å². The van der Waals surface area contributed by atoms with Crippen LogP contribution in [0.1, 0.15) is 22.9 Å². The lowest BCUT2D eigenvalue weighted by Crippen LogP contribution is -2.29. The van der Waals surface area contributed by atoms with Gasteiger partial charge in [-0.15, -0.1) is 0 Å². The van der Waals surface area contributed by atoms with Gasteiger partial charge in [0.1, 0.15) is 23.0 Å². The molecule has 0 radical (unpaired) electrons. The lowest BCUT2D eigenvalue weighted by molar-refractivity contribution is -0.132. The average molecular weight is 441 g/mol. The highest BCUT2D eigenvalue weighted by atomic mass is 35.5. The van der Waals surface area contributed by atoms with Crippen molar-refractivity contribution in [3.8, 4) is 11.5 Å². The molecule has 0 spiro atoms. The quantitative estimate of drug-likeness (QED) is 0.358. The first-order chi connectivity index (χ1) is 14.8. The van der Waals surface area contributed by atoms with Crippen molar-refractivity contribution < 1.29 is 29.1 Å². The number of halogens is 1. The van der Waals surface area contributed by atoms with Crippen LogP contribution < -0.4 is 9.64 Å². The number of aromatic nitrogens is 1. The van der Waals surface area contributed by atoms with Gasteiger partial charge in [0.25, 0.3) is 5.78 Å². The number of carbonyl (C=O) groups is 2. The number of rotatable bonds is 4. The first-order valence-corrected chi connectivity index (χ1v) is 9.56. The van der Waals surface area contributed by atoms with Crippen LogP contribution in [0.3, 0.4) is 0 Å². The molecule has 158 valence electrons.